The quantitative estimate of drug-likeness (QED) is 0.866. The van der Waals surface area contributed by atoms with Crippen LogP contribution in [0.4, 0.5) is 0 Å². The molecule has 2 aromatic rings. The molecule has 21 heavy (non-hydrogen) atoms. The highest BCUT2D eigenvalue weighted by atomic mass is 35.5. The topological polar surface area (TPSA) is 32.3 Å². The Morgan fingerprint density at radius 1 is 1.14 bits per heavy atom. The smallest absolute Gasteiger partial charge is 0.0929 e. The number of nitrogens with one attached hydrogen (secondary N) is 1. The predicted octanol–water partition coefficient (Wildman–Crippen LogP) is 4.17. The number of hydrogen-bond donors (Lipinski definition) is 2. The molecule has 0 aliphatic heterocycles. The third-order valence-electron chi connectivity index (χ3n) is 3.91. The highest BCUT2D eigenvalue weighted by molar-refractivity contribution is 6.33. The Morgan fingerprint density at radius 3 is 2.67 bits per heavy atom. The number of aliphatic hydroxyl groups is 1. The maximum Gasteiger partial charge on any atom is 0.0929 e. The Morgan fingerprint density at radius 2 is 1.90 bits per heavy atom. The summed E-state index contributed by atoms with van der Waals surface area (Å²) in [6, 6.07) is 16.0. The van der Waals surface area contributed by atoms with Crippen LogP contribution in [-0.2, 0) is 0 Å². The van der Waals surface area contributed by atoms with Crippen LogP contribution >= 0.6 is 23.2 Å². The summed E-state index contributed by atoms with van der Waals surface area (Å²) < 4.78 is 0. The van der Waals surface area contributed by atoms with Crippen molar-refractivity contribution in [3.05, 3.63) is 69.7 Å². The maximum atomic E-state index is 10.3. The average molecular weight is 322 g/mol. The standard InChI is InChI=1S/C17H17Cl2NO/c18-12-6-7-15(19)14(8-12)17(21)10-20-16-9-13(16)11-4-2-1-3-5-11/h1-8,13,16-17,20-21H,9-10H2. The van der Waals surface area contributed by atoms with Crippen molar-refractivity contribution in [2.24, 2.45) is 0 Å². The van der Waals surface area contributed by atoms with Gasteiger partial charge in [-0.3, -0.25) is 0 Å². The second-order valence-electron chi connectivity index (χ2n) is 5.45. The van der Waals surface area contributed by atoms with E-state index in [1.54, 1.807) is 18.2 Å². The van der Waals surface area contributed by atoms with Crippen molar-refractivity contribution in [1.29, 1.82) is 0 Å². The molecule has 2 nitrogen and oxygen atoms in total. The summed E-state index contributed by atoms with van der Waals surface area (Å²) in [5.41, 5.74) is 2.03. The van der Waals surface area contributed by atoms with Gasteiger partial charge in [0.05, 0.1) is 6.10 Å². The van der Waals surface area contributed by atoms with E-state index in [2.05, 4.69) is 29.6 Å². The molecule has 4 heteroatoms. The summed E-state index contributed by atoms with van der Waals surface area (Å²) in [6.45, 7) is 0.480. The predicted molar refractivity (Wildman–Crippen MR) is 87.0 cm³/mol. The number of aliphatic hydroxyl groups excluding tert-OH is 1. The maximum absolute atomic E-state index is 10.3. The molecule has 0 saturated heterocycles. The first kappa shape index (κ1) is 14.9. The fraction of sp³-hybridized carbons (Fsp3) is 0.294. The molecule has 0 amide bonds. The van der Waals surface area contributed by atoms with Crippen molar-refractivity contribution >= 4 is 23.2 Å². The van der Waals surface area contributed by atoms with E-state index in [4.69, 9.17) is 23.2 Å². The number of benzene rings is 2. The van der Waals surface area contributed by atoms with Crippen LogP contribution in [0.15, 0.2) is 48.5 Å². The van der Waals surface area contributed by atoms with E-state index in [9.17, 15) is 5.11 Å². The van der Waals surface area contributed by atoms with Crippen molar-refractivity contribution in [1.82, 2.24) is 5.32 Å². The summed E-state index contributed by atoms with van der Waals surface area (Å²) in [5.74, 6) is 0.549. The minimum absolute atomic E-state index is 0.431. The zero-order valence-electron chi connectivity index (χ0n) is 11.5. The van der Waals surface area contributed by atoms with E-state index >= 15 is 0 Å². The number of rotatable bonds is 5. The van der Waals surface area contributed by atoms with Crippen LogP contribution in [-0.4, -0.2) is 17.7 Å². The summed E-state index contributed by atoms with van der Waals surface area (Å²) in [6.07, 6.45) is 0.466. The number of halogens is 2. The molecule has 0 heterocycles. The van der Waals surface area contributed by atoms with Gasteiger partial charge in [0.15, 0.2) is 0 Å². The molecule has 2 N–H and O–H groups in total. The molecule has 1 saturated carbocycles. The lowest BCUT2D eigenvalue weighted by Crippen LogP contribution is -2.24. The van der Waals surface area contributed by atoms with Crippen LogP contribution < -0.4 is 5.32 Å². The van der Waals surface area contributed by atoms with Gasteiger partial charge in [-0.2, -0.15) is 0 Å². The van der Waals surface area contributed by atoms with E-state index in [0.717, 1.165) is 6.42 Å². The number of hydrogen-bond acceptors (Lipinski definition) is 2. The van der Waals surface area contributed by atoms with Crippen LogP contribution in [0.25, 0.3) is 0 Å². The molecule has 3 atom stereocenters. The summed E-state index contributed by atoms with van der Waals surface area (Å²) in [7, 11) is 0. The third-order valence-corrected chi connectivity index (χ3v) is 4.49. The highest BCUT2D eigenvalue weighted by Crippen LogP contribution is 2.40. The molecule has 110 valence electrons. The van der Waals surface area contributed by atoms with Gasteiger partial charge < -0.3 is 10.4 Å². The second-order valence-corrected chi connectivity index (χ2v) is 6.29. The molecular formula is C17H17Cl2NO. The second kappa shape index (κ2) is 6.37. The zero-order chi connectivity index (χ0) is 14.8. The van der Waals surface area contributed by atoms with Gasteiger partial charge in [0.2, 0.25) is 0 Å². The lowest BCUT2D eigenvalue weighted by molar-refractivity contribution is 0.174. The Balaban J connectivity index is 1.56. The normalized spacial score (nSPS) is 22.0. The third kappa shape index (κ3) is 3.58. The van der Waals surface area contributed by atoms with Gasteiger partial charge in [-0.1, -0.05) is 53.5 Å². The fourth-order valence-corrected chi connectivity index (χ4v) is 3.06. The molecule has 0 spiro atoms. The first-order valence-corrected chi connectivity index (χ1v) is 7.82. The fourth-order valence-electron chi connectivity index (χ4n) is 2.63. The van der Waals surface area contributed by atoms with E-state index < -0.39 is 6.10 Å². The van der Waals surface area contributed by atoms with Gasteiger partial charge in [0.25, 0.3) is 0 Å². The van der Waals surface area contributed by atoms with Crippen molar-refractivity contribution < 1.29 is 5.11 Å². The Bertz CT molecular complexity index is 617. The van der Waals surface area contributed by atoms with E-state index in [0.29, 0.717) is 34.1 Å². The van der Waals surface area contributed by atoms with E-state index in [1.165, 1.54) is 5.56 Å². The van der Waals surface area contributed by atoms with Gasteiger partial charge in [-0.15, -0.1) is 0 Å². The van der Waals surface area contributed by atoms with Gasteiger partial charge in [0, 0.05) is 34.1 Å². The van der Waals surface area contributed by atoms with Crippen LogP contribution in [0, 0.1) is 0 Å². The van der Waals surface area contributed by atoms with Gasteiger partial charge in [-0.25, -0.2) is 0 Å². The average Bonchev–Trinajstić information content (AvgIpc) is 3.28. The minimum atomic E-state index is -0.645. The first-order chi connectivity index (χ1) is 10.1. The largest absolute Gasteiger partial charge is 0.387 e. The monoisotopic (exact) mass is 321 g/mol. The van der Waals surface area contributed by atoms with Crippen molar-refractivity contribution in [3.63, 3.8) is 0 Å². The van der Waals surface area contributed by atoms with E-state index in [1.807, 2.05) is 6.07 Å². The van der Waals surface area contributed by atoms with Crippen LogP contribution in [0.2, 0.25) is 10.0 Å². The molecule has 1 fully saturated rings. The molecular weight excluding hydrogens is 305 g/mol. The van der Waals surface area contributed by atoms with Gasteiger partial charge in [-0.05, 0) is 30.2 Å². The van der Waals surface area contributed by atoms with Crippen molar-refractivity contribution in [3.8, 4) is 0 Å². The molecule has 1 aliphatic rings. The first-order valence-electron chi connectivity index (χ1n) is 7.06. The Labute approximate surface area is 134 Å². The van der Waals surface area contributed by atoms with E-state index in [-0.39, 0.29) is 0 Å². The Kier molecular flexibility index (Phi) is 4.51. The van der Waals surface area contributed by atoms with Gasteiger partial charge >= 0.3 is 0 Å². The van der Waals surface area contributed by atoms with Crippen molar-refractivity contribution in [2.45, 2.75) is 24.5 Å². The molecule has 2 aromatic carbocycles. The molecule has 0 bridgehead atoms. The van der Waals surface area contributed by atoms with Gasteiger partial charge in [0.1, 0.15) is 0 Å². The molecule has 1 aliphatic carbocycles. The summed E-state index contributed by atoms with van der Waals surface area (Å²) in [4.78, 5) is 0. The minimum Gasteiger partial charge on any atom is -0.387 e. The van der Waals surface area contributed by atoms with Crippen LogP contribution in [0.1, 0.15) is 29.6 Å². The molecule has 0 aromatic heterocycles. The molecule has 0 radical (unpaired) electrons. The molecule has 3 unspecified atom stereocenters. The summed E-state index contributed by atoms with van der Waals surface area (Å²) in [5, 5.41) is 14.8. The SMILES string of the molecule is OC(CNC1CC1c1ccccc1)c1cc(Cl)ccc1Cl. The lowest BCUT2D eigenvalue weighted by Gasteiger charge is -2.14. The summed E-state index contributed by atoms with van der Waals surface area (Å²) >= 11 is 12.0. The van der Waals surface area contributed by atoms with Crippen molar-refractivity contribution in [2.75, 3.05) is 6.54 Å². The van der Waals surface area contributed by atoms with Crippen LogP contribution in [0.5, 0.6) is 0 Å². The zero-order valence-corrected chi connectivity index (χ0v) is 13.0. The van der Waals surface area contributed by atoms with Crippen LogP contribution in [0.3, 0.4) is 0 Å². The highest BCUT2D eigenvalue weighted by Gasteiger charge is 2.38. The Hall–Kier alpha value is -1.06. The molecule has 3 rings (SSSR count). The lowest BCUT2D eigenvalue weighted by atomic mass is 10.1.